The van der Waals surface area contributed by atoms with Gasteiger partial charge < -0.3 is 20.3 Å². The summed E-state index contributed by atoms with van der Waals surface area (Å²) in [6, 6.07) is 0. The Bertz CT molecular complexity index is 263. The normalized spacial score (nSPS) is 26.0. The van der Waals surface area contributed by atoms with E-state index in [0.29, 0.717) is 13.0 Å². The first-order valence-electron chi connectivity index (χ1n) is 5.18. The Balaban J connectivity index is 1.78. The molecule has 2 fully saturated rings. The minimum Gasteiger partial charge on any atom is -0.444 e. The Kier molecular flexibility index (Phi) is 3.05. The second-order valence-corrected chi connectivity index (χ2v) is 3.74. The summed E-state index contributed by atoms with van der Waals surface area (Å²) in [5.74, 6) is 0.0676. The molecule has 2 rings (SSSR count). The van der Waals surface area contributed by atoms with Crippen molar-refractivity contribution < 1.29 is 14.3 Å². The standard InChI is InChI=1S/C9H15N3O3/c13-8(12-3-1-10-2-4-12)5-7-6-11-9(14)15-7/h7,10H,1-6H2,(H,11,14). The van der Waals surface area contributed by atoms with Crippen molar-refractivity contribution in [1.29, 1.82) is 0 Å². The number of carbonyl (C=O) groups excluding carboxylic acids is 2. The largest absolute Gasteiger partial charge is 0.444 e. The molecular formula is C9H15N3O3. The van der Waals surface area contributed by atoms with Crippen molar-refractivity contribution in [2.45, 2.75) is 12.5 Å². The van der Waals surface area contributed by atoms with Crippen LogP contribution in [0.3, 0.4) is 0 Å². The summed E-state index contributed by atoms with van der Waals surface area (Å²) in [6.07, 6.45) is -0.424. The van der Waals surface area contributed by atoms with Crippen LogP contribution < -0.4 is 10.6 Å². The van der Waals surface area contributed by atoms with Crippen LogP contribution in [0, 0.1) is 0 Å². The highest BCUT2D eigenvalue weighted by Gasteiger charge is 2.27. The molecular weight excluding hydrogens is 198 g/mol. The monoisotopic (exact) mass is 213 g/mol. The Hall–Kier alpha value is -1.30. The summed E-state index contributed by atoms with van der Waals surface area (Å²) in [7, 11) is 0. The molecule has 2 aliphatic rings. The fourth-order valence-electron chi connectivity index (χ4n) is 1.78. The molecule has 2 heterocycles. The average molecular weight is 213 g/mol. The summed E-state index contributed by atoms with van der Waals surface area (Å²) >= 11 is 0. The molecule has 0 aromatic carbocycles. The van der Waals surface area contributed by atoms with Gasteiger partial charge in [-0.05, 0) is 0 Å². The molecule has 2 saturated heterocycles. The quantitative estimate of drug-likeness (QED) is 0.612. The number of hydrogen-bond acceptors (Lipinski definition) is 4. The fourth-order valence-corrected chi connectivity index (χ4v) is 1.78. The summed E-state index contributed by atoms with van der Waals surface area (Å²) in [4.78, 5) is 24.3. The van der Waals surface area contributed by atoms with E-state index in [4.69, 9.17) is 4.74 Å². The van der Waals surface area contributed by atoms with Gasteiger partial charge in [0.25, 0.3) is 0 Å². The van der Waals surface area contributed by atoms with E-state index in [0.717, 1.165) is 26.2 Å². The summed E-state index contributed by atoms with van der Waals surface area (Å²) in [5, 5.41) is 5.71. The van der Waals surface area contributed by atoms with Crippen molar-refractivity contribution in [3.8, 4) is 0 Å². The number of carbonyl (C=O) groups is 2. The molecule has 6 nitrogen and oxygen atoms in total. The Morgan fingerprint density at radius 3 is 2.80 bits per heavy atom. The highest BCUT2D eigenvalue weighted by atomic mass is 16.6. The minimum absolute atomic E-state index is 0.0676. The van der Waals surface area contributed by atoms with E-state index < -0.39 is 6.09 Å². The maximum absolute atomic E-state index is 11.7. The molecule has 1 unspecified atom stereocenters. The number of rotatable bonds is 2. The predicted molar refractivity (Wildman–Crippen MR) is 52.3 cm³/mol. The van der Waals surface area contributed by atoms with Crippen LogP contribution in [-0.4, -0.2) is 55.7 Å². The zero-order valence-electron chi connectivity index (χ0n) is 8.49. The number of cyclic esters (lactones) is 1. The summed E-state index contributed by atoms with van der Waals surface area (Å²) < 4.78 is 4.91. The van der Waals surface area contributed by atoms with Gasteiger partial charge in [-0.15, -0.1) is 0 Å². The van der Waals surface area contributed by atoms with E-state index in [1.807, 2.05) is 4.90 Å². The van der Waals surface area contributed by atoms with Crippen LogP contribution in [0.5, 0.6) is 0 Å². The number of hydrogen-bond donors (Lipinski definition) is 2. The van der Waals surface area contributed by atoms with Crippen LogP contribution in [-0.2, 0) is 9.53 Å². The number of piperazine rings is 1. The number of nitrogens with one attached hydrogen (secondary N) is 2. The lowest BCUT2D eigenvalue weighted by Crippen LogP contribution is -2.47. The van der Waals surface area contributed by atoms with Gasteiger partial charge >= 0.3 is 6.09 Å². The third-order valence-electron chi connectivity index (χ3n) is 2.62. The van der Waals surface area contributed by atoms with E-state index in [9.17, 15) is 9.59 Å². The average Bonchev–Trinajstić information content (AvgIpc) is 2.65. The zero-order valence-corrected chi connectivity index (χ0v) is 8.49. The van der Waals surface area contributed by atoms with Crippen molar-refractivity contribution in [3.63, 3.8) is 0 Å². The van der Waals surface area contributed by atoms with Crippen LogP contribution in [0.25, 0.3) is 0 Å². The molecule has 0 saturated carbocycles. The topological polar surface area (TPSA) is 70.7 Å². The molecule has 15 heavy (non-hydrogen) atoms. The van der Waals surface area contributed by atoms with Crippen LogP contribution in [0.1, 0.15) is 6.42 Å². The van der Waals surface area contributed by atoms with Gasteiger partial charge in [-0.25, -0.2) is 4.79 Å². The van der Waals surface area contributed by atoms with Crippen molar-refractivity contribution in [3.05, 3.63) is 0 Å². The minimum atomic E-state index is -0.423. The molecule has 6 heteroatoms. The SMILES string of the molecule is O=C1NCC(CC(=O)N2CCNCC2)O1. The first-order valence-corrected chi connectivity index (χ1v) is 5.18. The van der Waals surface area contributed by atoms with E-state index in [1.165, 1.54) is 0 Å². The van der Waals surface area contributed by atoms with Gasteiger partial charge in [-0.1, -0.05) is 0 Å². The Labute approximate surface area is 87.9 Å². The lowest BCUT2D eigenvalue weighted by atomic mass is 10.2. The molecule has 0 aromatic heterocycles. The highest BCUT2D eigenvalue weighted by Crippen LogP contribution is 2.07. The number of nitrogens with zero attached hydrogens (tertiary/aromatic N) is 1. The predicted octanol–water partition coefficient (Wildman–Crippen LogP) is -1.08. The first-order chi connectivity index (χ1) is 7.25. The highest BCUT2D eigenvalue weighted by molar-refractivity contribution is 5.78. The van der Waals surface area contributed by atoms with Crippen LogP contribution >= 0.6 is 0 Å². The first kappa shape index (κ1) is 10.2. The van der Waals surface area contributed by atoms with Gasteiger partial charge in [0, 0.05) is 26.2 Å². The molecule has 2 amide bonds. The van der Waals surface area contributed by atoms with E-state index >= 15 is 0 Å². The molecule has 0 bridgehead atoms. The van der Waals surface area contributed by atoms with Gasteiger partial charge in [0.15, 0.2) is 0 Å². The third kappa shape index (κ3) is 2.59. The van der Waals surface area contributed by atoms with Crippen LogP contribution in [0.15, 0.2) is 0 Å². The lowest BCUT2D eigenvalue weighted by Gasteiger charge is -2.28. The number of ether oxygens (including phenoxy) is 1. The Morgan fingerprint density at radius 2 is 2.20 bits per heavy atom. The summed E-state index contributed by atoms with van der Waals surface area (Å²) in [5.41, 5.74) is 0. The number of amides is 2. The molecule has 2 aliphatic heterocycles. The van der Waals surface area contributed by atoms with Gasteiger partial charge in [0.1, 0.15) is 6.10 Å². The number of alkyl carbamates (subject to hydrolysis) is 1. The van der Waals surface area contributed by atoms with Crippen molar-refractivity contribution >= 4 is 12.0 Å². The van der Waals surface area contributed by atoms with Crippen molar-refractivity contribution in [1.82, 2.24) is 15.5 Å². The molecule has 0 radical (unpaired) electrons. The van der Waals surface area contributed by atoms with Gasteiger partial charge in [0.2, 0.25) is 5.91 Å². The molecule has 1 atom stereocenters. The van der Waals surface area contributed by atoms with E-state index in [1.54, 1.807) is 0 Å². The molecule has 84 valence electrons. The van der Waals surface area contributed by atoms with Gasteiger partial charge in [0.05, 0.1) is 13.0 Å². The molecule has 0 aliphatic carbocycles. The van der Waals surface area contributed by atoms with E-state index in [-0.39, 0.29) is 12.0 Å². The second-order valence-electron chi connectivity index (χ2n) is 3.74. The van der Waals surface area contributed by atoms with Crippen LogP contribution in [0.2, 0.25) is 0 Å². The van der Waals surface area contributed by atoms with Crippen molar-refractivity contribution in [2.75, 3.05) is 32.7 Å². The zero-order chi connectivity index (χ0) is 10.7. The summed E-state index contributed by atoms with van der Waals surface area (Å²) in [6.45, 7) is 3.61. The fraction of sp³-hybridized carbons (Fsp3) is 0.778. The lowest BCUT2D eigenvalue weighted by molar-refractivity contribution is -0.133. The van der Waals surface area contributed by atoms with Crippen molar-refractivity contribution in [2.24, 2.45) is 0 Å². The smallest absolute Gasteiger partial charge is 0.407 e. The second kappa shape index (κ2) is 4.48. The maximum Gasteiger partial charge on any atom is 0.407 e. The van der Waals surface area contributed by atoms with E-state index in [2.05, 4.69) is 10.6 Å². The molecule has 2 N–H and O–H groups in total. The van der Waals surface area contributed by atoms with Crippen LogP contribution in [0.4, 0.5) is 4.79 Å². The molecule has 0 spiro atoms. The van der Waals surface area contributed by atoms with Gasteiger partial charge in [-0.3, -0.25) is 4.79 Å². The third-order valence-corrected chi connectivity index (χ3v) is 2.62. The maximum atomic E-state index is 11.7. The molecule has 0 aromatic rings. The Morgan fingerprint density at radius 1 is 1.47 bits per heavy atom. The van der Waals surface area contributed by atoms with Gasteiger partial charge in [-0.2, -0.15) is 0 Å².